The number of allylic oxidation sites excluding steroid dienone is 2. The van der Waals surface area contributed by atoms with Crippen LogP contribution in [0.15, 0.2) is 11.6 Å². The van der Waals surface area contributed by atoms with E-state index in [0.717, 1.165) is 38.5 Å². The summed E-state index contributed by atoms with van der Waals surface area (Å²) in [5.74, 6) is 0.769. The Balaban J connectivity index is 2.20. The SMILES string of the molecule is CCCCC1=CC(=O)CC(=O)[C@@H]2CCCCC12. The Morgan fingerprint density at radius 2 is 1.88 bits per heavy atom. The highest BCUT2D eigenvalue weighted by Gasteiger charge is 2.35. The minimum Gasteiger partial charge on any atom is -0.299 e. The summed E-state index contributed by atoms with van der Waals surface area (Å²) in [6.45, 7) is 2.17. The Morgan fingerprint density at radius 3 is 2.59 bits per heavy atom. The fourth-order valence-electron chi connectivity index (χ4n) is 3.27. The fraction of sp³-hybridized carbons (Fsp3) is 0.733. The van der Waals surface area contributed by atoms with Gasteiger partial charge in [-0.25, -0.2) is 0 Å². The van der Waals surface area contributed by atoms with E-state index in [1.165, 1.54) is 12.0 Å². The maximum atomic E-state index is 12.0. The molecule has 1 fully saturated rings. The molecule has 0 radical (unpaired) electrons. The summed E-state index contributed by atoms with van der Waals surface area (Å²) < 4.78 is 0. The molecular formula is C15H22O2. The Labute approximate surface area is 103 Å². The maximum absolute atomic E-state index is 12.0. The molecule has 0 aromatic carbocycles. The van der Waals surface area contributed by atoms with Crippen LogP contribution in [0.4, 0.5) is 0 Å². The third kappa shape index (κ3) is 2.85. The lowest BCUT2D eigenvalue weighted by Gasteiger charge is -2.31. The van der Waals surface area contributed by atoms with Gasteiger partial charge in [0.15, 0.2) is 5.78 Å². The summed E-state index contributed by atoms with van der Waals surface area (Å²) in [5, 5.41) is 0. The third-order valence-corrected chi connectivity index (χ3v) is 4.17. The third-order valence-electron chi connectivity index (χ3n) is 4.17. The zero-order valence-corrected chi connectivity index (χ0v) is 10.7. The molecule has 0 saturated heterocycles. The molecule has 0 aromatic rings. The second kappa shape index (κ2) is 5.61. The van der Waals surface area contributed by atoms with Gasteiger partial charge in [-0.1, -0.05) is 31.8 Å². The lowest BCUT2D eigenvalue weighted by Crippen LogP contribution is -2.27. The van der Waals surface area contributed by atoms with Gasteiger partial charge in [-0.2, -0.15) is 0 Å². The van der Waals surface area contributed by atoms with E-state index in [1.54, 1.807) is 6.08 Å². The molecule has 2 aliphatic rings. The number of rotatable bonds is 3. The predicted molar refractivity (Wildman–Crippen MR) is 67.7 cm³/mol. The van der Waals surface area contributed by atoms with Crippen LogP contribution < -0.4 is 0 Å². The predicted octanol–water partition coefficient (Wildman–Crippen LogP) is 3.45. The lowest BCUT2D eigenvalue weighted by molar-refractivity contribution is -0.128. The topological polar surface area (TPSA) is 34.1 Å². The molecule has 2 aliphatic carbocycles. The van der Waals surface area contributed by atoms with Gasteiger partial charge in [-0.05, 0) is 37.7 Å². The molecule has 2 atom stereocenters. The number of hydrogen-bond donors (Lipinski definition) is 0. The number of hydrogen-bond acceptors (Lipinski definition) is 2. The molecule has 2 rings (SSSR count). The lowest BCUT2D eigenvalue weighted by atomic mass is 9.73. The number of Topliss-reactive ketones (excluding diaryl/α,β-unsaturated/α-hetero) is 1. The Morgan fingerprint density at radius 1 is 1.18 bits per heavy atom. The van der Waals surface area contributed by atoms with E-state index in [4.69, 9.17) is 0 Å². The Hall–Kier alpha value is -0.920. The number of fused-ring (bicyclic) bond motifs is 1. The van der Waals surface area contributed by atoms with Crippen molar-refractivity contribution in [3.8, 4) is 0 Å². The van der Waals surface area contributed by atoms with Gasteiger partial charge in [-0.15, -0.1) is 0 Å². The minimum atomic E-state index is 0.0375. The van der Waals surface area contributed by atoms with Crippen LogP contribution in [0, 0.1) is 11.8 Å². The smallest absolute Gasteiger partial charge is 0.163 e. The molecular weight excluding hydrogens is 212 g/mol. The van der Waals surface area contributed by atoms with Gasteiger partial charge in [-0.3, -0.25) is 9.59 Å². The second-order valence-electron chi connectivity index (χ2n) is 5.43. The number of carbonyl (C=O) groups excluding carboxylic acids is 2. The Bertz CT molecular complexity index is 341. The number of unbranched alkanes of at least 4 members (excludes halogenated alkanes) is 1. The van der Waals surface area contributed by atoms with Crippen molar-refractivity contribution < 1.29 is 9.59 Å². The van der Waals surface area contributed by atoms with Crippen LogP contribution in [-0.2, 0) is 9.59 Å². The molecule has 2 nitrogen and oxygen atoms in total. The second-order valence-corrected chi connectivity index (χ2v) is 5.43. The average molecular weight is 234 g/mol. The van der Waals surface area contributed by atoms with Crippen molar-refractivity contribution >= 4 is 11.6 Å². The van der Waals surface area contributed by atoms with Crippen LogP contribution in [0.2, 0.25) is 0 Å². The van der Waals surface area contributed by atoms with Crippen molar-refractivity contribution in [1.29, 1.82) is 0 Å². The number of carbonyl (C=O) groups is 2. The minimum absolute atomic E-state index is 0.0375. The van der Waals surface area contributed by atoms with Gasteiger partial charge < -0.3 is 0 Å². The molecule has 0 aliphatic heterocycles. The van der Waals surface area contributed by atoms with E-state index in [2.05, 4.69) is 6.92 Å². The summed E-state index contributed by atoms with van der Waals surface area (Å²) in [6.07, 6.45) is 9.72. The fourth-order valence-corrected chi connectivity index (χ4v) is 3.27. The van der Waals surface area contributed by atoms with Crippen molar-refractivity contribution in [2.75, 3.05) is 0 Å². The van der Waals surface area contributed by atoms with Crippen molar-refractivity contribution in [3.63, 3.8) is 0 Å². The van der Waals surface area contributed by atoms with Crippen LogP contribution >= 0.6 is 0 Å². The highest BCUT2D eigenvalue weighted by molar-refractivity contribution is 6.06. The largest absolute Gasteiger partial charge is 0.299 e. The van der Waals surface area contributed by atoms with Crippen molar-refractivity contribution in [2.45, 2.75) is 58.3 Å². The summed E-state index contributed by atoms with van der Waals surface area (Å²) in [7, 11) is 0. The quantitative estimate of drug-likeness (QED) is 0.701. The highest BCUT2D eigenvalue weighted by Crippen LogP contribution is 2.39. The maximum Gasteiger partial charge on any atom is 0.163 e. The molecule has 0 heterocycles. The first kappa shape index (κ1) is 12.5. The van der Waals surface area contributed by atoms with Crippen LogP contribution in [0.3, 0.4) is 0 Å². The molecule has 0 N–H and O–H groups in total. The monoisotopic (exact) mass is 234 g/mol. The van der Waals surface area contributed by atoms with E-state index in [-0.39, 0.29) is 23.9 Å². The summed E-state index contributed by atoms with van der Waals surface area (Å²) in [4.78, 5) is 23.7. The summed E-state index contributed by atoms with van der Waals surface area (Å²) in [6, 6.07) is 0. The van der Waals surface area contributed by atoms with Gasteiger partial charge in [0.25, 0.3) is 0 Å². The van der Waals surface area contributed by atoms with E-state index in [9.17, 15) is 9.59 Å². The molecule has 2 heteroatoms. The van der Waals surface area contributed by atoms with Crippen LogP contribution in [-0.4, -0.2) is 11.6 Å². The molecule has 1 saturated carbocycles. The summed E-state index contributed by atoms with van der Waals surface area (Å²) >= 11 is 0. The highest BCUT2D eigenvalue weighted by atomic mass is 16.1. The Kier molecular flexibility index (Phi) is 4.14. The molecule has 0 amide bonds. The molecule has 94 valence electrons. The number of ketones is 2. The van der Waals surface area contributed by atoms with Gasteiger partial charge >= 0.3 is 0 Å². The van der Waals surface area contributed by atoms with Crippen LogP contribution in [0.25, 0.3) is 0 Å². The van der Waals surface area contributed by atoms with Gasteiger partial charge in [0.05, 0.1) is 6.42 Å². The van der Waals surface area contributed by atoms with Crippen LogP contribution in [0.5, 0.6) is 0 Å². The van der Waals surface area contributed by atoms with Gasteiger partial charge in [0, 0.05) is 5.92 Å². The molecule has 0 aromatic heterocycles. The van der Waals surface area contributed by atoms with Gasteiger partial charge in [0.2, 0.25) is 0 Å². The first-order valence-corrected chi connectivity index (χ1v) is 6.98. The molecule has 17 heavy (non-hydrogen) atoms. The average Bonchev–Trinajstić information content (AvgIpc) is 2.45. The van der Waals surface area contributed by atoms with Crippen molar-refractivity contribution in [1.82, 2.24) is 0 Å². The van der Waals surface area contributed by atoms with E-state index in [0.29, 0.717) is 5.92 Å². The first-order chi connectivity index (χ1) is 8.22. The van der Waals surface area contributed by atoms with Crippen molar-refractivity contribution in [2.24, 2.45) is 11.8 Å². The van der Waals surface area contributed by atoms with E-state index < -0.39 is 0 Å². The zero-order chi connectivity index (χ0) is 12.3. The van der Waals surface area contributed by atoms with Crippen molar-refractivity contribution in [3.05, 3.63) is 11.6 Å². The van der Waals surface area contributed by atoms with E-state index >= 15 is 0 Å². The molecule has 0 bridgehead atoms. The standard InChI is InChI=1S/C15H22O2/c1-2-3-6-11-9-12(16)10-15(17)14-8-5-4-7-13(11)14/h9,13-14H,2-8,10H2,1H3/t13?,14-/m1/s1. The summed E-state index contributed by atoms with van der Waals surface area (Å²) in [5.41, 5.74) is 1.27. The van der Waals surface area contributed by atoms with Gasteiger partial charge in [0.1, 0.15) is 5.78 Å². The zero-order valence-electron chi connectivity index (χ0n) is 10.7. The first-order valence-electron chi connectivity index (χ1n) is 6.98. The van der Waals surface area contributed by atoms with Crippen LogP contribution in [0.1, 0.15) is 58.3 Å². The van der Waals surface area contributed by atoms with E-state index in [1.807, 2.05) is 0 Å². The molecule has 1 unspecified atom stereocenters. The normalized spacial score (nSPS) is 29.6. The molecule has 0 spiro atoms.